The number of carbonyl (C=O) groups excluding carboxylic acids is 1. The van der Waals surface area contributed by atoms with Crippen molar-refractivity contribution in [3.05, 3.63) is 0 Å². The maximum atomic E-state index is 11.8. The number of halogens is 3. The van der Waals surface area contributed by atoms with Crippen LogP contribution in [0.5, 0.6) is 0 Å². The summed E-state index contributed by atoms with van der Waals surface area (Å²) in [6.45, 7) is -3.07. The predicted octanol–water partition coefficient (Wildman–Crippen LogP) is -0.579. The van der Waals surface area contributed by atoms with E-state index in [2.05, 4.69) is 5.73 Å². The lowest BCUT2D eigenvalue weighted by atomic mass is 10.4. The van der Waals surface area contributed by atoms with E-state index in [4.69, 9.17) is 5.11 Å². The van der Waals surface area contributed by atoms with Gasteiger partial charge in [0.2, 0.25) is 5.91 Å². The quantitative estimate of drug-likeness (QED) is 0.641. The Bertz CT molecular complexity index is 213. The van der Waals surface area contributed by atoms with Gasteiger partial charge in [-0.2, -0.15) is 13.2 Å². The molecule has 0 aliphatic rings. The maximum absolute atomic E-state index is 11.8. The molecule has 0 unspecified atom stereocenters. The molecule has 0 aromatic rings. The number of aliphatic carboxylic acids is 1. The SMILES string of the molecule is NC(=O)CN(CC(=O)O)CC(F)(F)F. The molecule has 0 aliphatic heterocycles. The number of amides is 1. The first kappa shape index (κ1) is 12.7. The molecule has 0 fully saturated rings. The largest absolute Gasteiger partial charge is 0.480 e. The number of carbonyl (C=O) groups is 2. The smallest absolute Gasteiger partial charge is 0.401 e. The van der Waals surface area contributed by atoms with Crippen LogP contribution in [0.2, 0.25) is 0 Å². The number of carboxylic acids is 1. The van der Waals surface area contributed by atoms with Crippen LogP contribution in [-0.2, 0) is 9.59 Å². The molecule has 0 saturated heterocycles. The van der Waals surface area contributed by atoms with Gasteiger partial charge in [-0.3, -0.25) is 14.5 Å². The van der Waals surface area contributed by atoms with Crippen molar-refractivity contribution < 1.29 is 27.9 Å². The summed E-state index contributed by atoms with van der Waals surface area (Å²) < 4.78 is 35.5. The lowest BCUT2D eigenvalue weighted by molar-refractivity contribution is -0.154. The number of rotatable bonds is 5. The Morgan fingerprint density at radius 1 is 1.29 bits per heavy atom. The monoisotopic (exact) mass is 214 g/mol. The highest BCUT2D eigenvalue weighted by Crippen LogP contribution is 2.15. The molecule has 0 aromatic heterocycles. The van der Waals surface area contributed by atoms with Crippen LogP contribution in [0.1, 0.15) is 0 Å². The molecule has 3 N–H and O–H groups in total. The van der Waals surface area contributed by atoms with Gasteiger partial charge in [0.25, 0.3) is 0 Å². The first-order chi connectivity index (χ1) is 6.20. The summed E-state index contributed by atoms with van der Waals surface area (Å²) in [5, 5.41) is 8.23. The molecule has 0 aromatic carbocycles. The van der Waals surface area contributed by atoms with E-state index in [0.717, 1.165) is 0 Å². The van der Waals surface area contributed by atoms with Crippen LogP contribution >= 0.6 is 0 Å². The Labute approximate surface area is 77.3 Å². The van der Waals surface area contributed by atoms with Gasteiger partial charge in [0.05, 0.1) is 19.6 Å². The molecule has 0 saturated carbocycles. The van der Waals surface area contributed by atoms with Crippen molar-refractivity contribution in [3.63, 3.8) is 0 Å². The molecule has 8 heteroatoms. The van der Waals surface area contributed by atoms with Crippen molar-refractivity contribution in [2.75, 3.05) is 19.6 Å². The average Bonchev–Trinajstić information content (AvgIpc) is 1.77. The summed E-state index contributed by atoms with van der Waals surface area (Å²) in [5.41, 5.74) is 4.65. The highest BCUT2D eigenvalue weighted by molar-refractivity contribution is 5.77. The first-order valence-electron chi connectivity index (χ1n) is 3.50. The van der Waals surface area contributed by atoms with E-state index in [-0.39, 0.29) is 0 Å². The zero-order chi connectivity index (χ0) is 11.4. The fraction of sp³-hybridized carbons (Fsp3) is 0.667. The molecule has 0 aliphatic carbocycles. The number of carboxylic acid groups (broad SMARTS) is 1. The third-order valence-electron chi connectivity index (χ3n) is 1.14. The van der Waals surface area contributed by atoms with Crippen LogP contribution in [0.4, 0.5) is 13.2 Å². The third kappa shape index (κ3) is 7.35. The number of alkyl halides is 3. The lowest BCUT2D eigenvalue weighted by Crippen LogP contribution is -2.42. The Kier molecular flexibility index (Phi) is 4.35. The molecule has 82 valence electrons. The number of hydrogen-bond donors (Lipinski definition) is 2. The summed E-state index contributed by atoms with van der Waals surface area (Å²) in [6.07, 6.45) is -4.55. The molecule has 0 heterocycles. The van der Waals surface area contributed by atoms with E-state index >= 15 is 0 Å². The van der Waals surface area contributed by atoms with Crippen LogP contribution in [0.3, 0.4) is 0 Å². The Morgan fingerprint density at radius 3 is 2.07 bits per heavy atom. The second kappa shape index (κ2) is 4.80. The zero-order valence-corrected chi connectivity index (χ0v) is 7.04. The molecule has 1 amide bonds. The van der Waals surface area contributed by atoms with Crippen LogP contribution in [0.15, 0.2) is 0 Å². The van der Waals surface area contributed by atoms with Crippen LogP contribution in [-0.4, -0.2) is 47.7 Å². The number of nitrogens with zero attached hydrogens (tertiary/aromatic N) is 1. The normalized spacial score (nSPS) is 11.7. The van der Waals surface area contributed by atoms with E-state index in [1.165, 1.54) is 0 Å². The summed E-state index contributed by atoms with van der Waals surface area (Å²) in [5.74, 6) is -2.45. The predicted molar refractivity (Wildman–Crippen MR) is 39.3 cm³/mol. The fourth-order valence-corrected chi connectivity index (χ4v) is 0.833. The highest BCUT2D eigenvalue weighted by atomic mass is 19.4. The number of primary amides is 1. The second-order valence-corrected chi connectivity index (χ2v) is 2.62. The van der Waals surface area contributed by atoms with Gasteiger partial charge in [-0.15, -0.1) is 0 Å². The summed E-state index contributed by atoms with van der Waals surface area (Å²) >= 11 is 0. The average molecular weight is 214 g/mol. The fourth-order valence-electron chi connectivity index (χ4n) is 0.833. The lowest BCUT2D eigenvalue weighted by Gasteiger charge is -2.19. The van der Waals surface area contributed by atoms with Crippen molar-refractivity contribution >= 4 is 11.9 Å². The number of nitrogens with two attached hydrogens (primary N) is 1. The van der Waals surface area contributed by atoms with E-state index in [1.807, 2.05) is 0 Å². The van der Waals surface area contributed by atoms with E-state index in [9.17, 15) is 22.8 Å². The molecule has 14 heavy (non-hydrogen) atoms. The molecular formula is C6H9F3N2O3. The van der Waals surface area contributed by atoms with Gasteiger partial charge in [-0.25, -0.2) is 0 Å². The Balaban J connectivity index is 4.24. The van der Waals surface area contributed by atoms with Gasteiger partial charge in [0, 0.05) is 0 Å². The molecule has 0 rings (SSSR count). The van der Waals surface area contributed by atoms with Gasteiger partial charge in [0.15, 0.2) is 0 Å². The number of hydrogen-bond acceptors (Lipinski definition) is 3. The summed E-state index contributed by atoms with van der Waals surface area (Å²) in [4.78, 5) is 20.8. The second-order valence-electron chi connectivity index (χ2n) is 2.62. The zero-order valence-electron chi connectivity index (χ0n) is 7.04. The van der Waals surface area contributed by atoms with Gasteiger partial charge < -0.3 is 10.8 Å². The van der Waals surface area contributed by atoms with Gasteiger partial charge >= 0.3 is 12.1 Å². The van der Waals surface area contributed by atoms with Crippen LogP contribution in [0.25, 0.3) is 0 Å². The van der Waals surface area contributed by atoms with Gasteiger partial charge in [0.1, 0.15) is 0 Å². The topological polar surface area (TPSA) is 83.6 Å². The van der Waals surface area contributed by atoms with E-state index < -0.39 is 37.7 Å². The van der Waals surface area contributed by atoms with E-state index in [1.54, 1.807) is 0 Å². The minimum Gasteiger partial charge on any atom is -0.480 e. The standard InChI is InChI=1S/C6H9F3N2O3/c7-6(8,9)3-11(1-4(10)12)2-5(13)14/h1-3H2,(H2,10,12)(H,13,14). The summed E-state index contributed by atoms with van der Waals surface area (Å²) in [6, 6.07) is 0. The highest BCUT2D eigenvalue weighted by Gasteiger charge is 2.31. The first-order valence-corrected chi connectivity index (χ1v) is 3.50. The van der Waals surface area contributed by atoms with E-state index in [0.29, 0.717) is 4.90 Å². The Morgan fingerprint density at radius 2 is 1.79 bits per heavy atom. The van der Waals surface area contributed by atoms with Crippen molar-refractivity contribution in [2.24, 2.45) is 5.73 Å². The van der Waals surface area contributed by atoms with Crippen LogP contribution in [0, 0.1) is 0 Å². The third-order valence-corrected chi connectivity index (χ3v) is 1.14. The molecule has 0 atom stereocenters. The van der Waals surface area contributed by atoms with Gasteiger partial charge in [-0.1, -0.05) is 0 Å². The van der Waals surface area contributed by atoms with Gasteiger partial charge in [-0.05, 0) is 0 Å². The molecule has 5 nitrogen and oxygen atoms in total. The minimum atomic E-state index is -4.55. The molecular weight excluding hydrogens is 205 g/mol. The van der Waals surface area contributed by atoms with Crippen LogP contribution < -0.4 is 5.73 Å². The van der Waals surface area contributed by atoms with Crippen molar-refractivity contribution in [2.45, 2.75) is 6.18 Å². The molecule has 0 radical (unpaired) electrons. The van der Waals surface area contributed by atoms with Crippen molar-refractivity contribution in [3.8, 4) is 0 Å². The Hall–Kier alpha value is -1.31. The maximum Gasteiger partial charge on any atom is 0.401 e. The summed E-state index contributed by atoms with van der Waals surface area (Å²) in [7, 11) is 0. The van der Waals surface area contributed by atoms with Crippen molar-refractivity contribution in [1.29, 1.82) is 0 Å². The minimum absolute atomic E-state index is 0.407. The molecule has 0 bridgehead atoms. The molecule has 0 spiro atoms. The van der Waals surface area contributed by atoms with Crippen molar-refractivity contribution in [1.82, 2.24) is 4.90 Å².